The maximum absolute atomic E-state index is 9.42. The highest BCUT2D eigenvalue weighted by Crippen LogP contribution is 2.26. The van der Waals surface area contributed by atoms with Gasteiger partial charge in [0.1, 0.15) is 36.2 Å². The quantitative estimate of drug-likeness (QED) is 0.376. The SMILES string of the molecule is Nc1ccc(OCCOc2ccc(N)c(O)c2)cc1O. The van der Waals surface area contributed by atoms with Crippen molar-refractivity contribution in [1.82, 2.24) is 0 Å². The Morgan fingerprint density at radius 1 is 0.750 bits per heavy atom. The van der Waals surface area contributed by atoms with E-state index in [2.05, 4.69) is 0 Å². The number of rotatable bonds is 5. The van der Waals surface area contributed by atoms with Crippen LogP contribution >= 0.6 is 0 Å². The Balaban J connectivity index is 1.81. The molecule has 6 nitrogen and oxygen atoms in total. The van der Waals surface area contributed by atoms with Gasteiger partial charge in [-0.1, -0.05) is 0 Å². The topological polar surface area (TPSA) is 111 Å². The molecule has 0 saturated carbocycles. The Kier molecular flexibility index (Phi) is 4.05. The summed E-state index contributed by atoms with van der Waals surface area (Å²) in [6, 6.07) is 9.30. The summed E-state index contributed by atoms with van der Waals surface area (Å²) in [4.78, 5) is 0. The third-order valence-corrected chi connectivity index (χ3v) is 2.62. The first-order chi connectivity index (χ1) is 9.56. The van der Waals surface area contributed by atoms with Gasteiger partial charge in [0.05, 0.1) is 11.4 Å². The Hall–Kier alpha value is -2.76. The molecule has 2 aromatic rings. The van der Waals surface area contributed by atoms with Crippen LogP contribution in [0.1, 0.15) is 0 Å². The first-order valence-corrected chi connectivity index (χ1v) is 5.99. The summed E-state index contributed by atoms with van der Waals surface area (Å²) in [5, 5.41) is 18.8. The zero-order chi connectivity index (χ0) is 14.5. The zero-order valence-electron chi connectivity index (χ0n) is 10.7. The van der Waals surface area contributed by atoms with Gasteiger partial charge in [-0.15, -0.1) is 0 Å². The van der Waals surface area contributed by atoms with E-state index in [1.807, 2.05) is 0 Å². The number of benzene rings is 2. The second-order valence-electron chi connectivity index (χ2n) is 4.14. The van der Waals surface area contributed by atoms with Crippen LogP contribution < -0.4 is 20.9 Å². The van der Waals surface area contributed by atoms with Crippen LogP contribution in [0.4, 0.5) is 11.4 Å². The Morgan fingerprint density at radius 2 is 1.15 bits per heavy atom. The Bertz CT molecular complexity index is 548. The maximum atomic E-state index is 9.42. The number of nitrogens with two attached hydrogens (primary N) is 2. The molecule has 2 aromatic carbocycles. The molecule has 0 unspecified atom stereocenters. The molecule has 0 saturated heterocycles. The summed E-state index contributed by atoms with van der Waals surface area (Å²) in [7, 11) is 0. The van der Waals surface area contributed by atoms with E-state index in [9.17, 15) is 10.2 Å². The first-order valence-electron chi connectivity index (χ1n) is 5.99. The fourth-order valence-electron chi connectivity index (χ4n) is 1.55. The second-order valence-corrected chi connectivity index (χ2v) is 4.14. The van der Waals surface area contributed by atoms with Crippen molar-refractivity contribution in [3.63, 3.8) is 0 Å². The molecule has 0 aromatic heterocycles. The van der Waals surface area contributed by atoms with Gasteiger partial charge in [-0.25, -0.2) is 0 Å². The highest BCUT2D eigenvalue weighted by atomic mass is 16.5. The van der Waals surface area contributed by atoms with Crippen molar-refractivity contribution >= 4 is 11.4 Å². The Labute approximate surface area is 116 Å². The minimum atomic E-state index is -0.0214. The monoisotopic (exact) mass is 276 g/mol. The number of hydrogen-bond acceptors (Lipinski definition) is 6. The van der Waals surface area contributed by atoms with Gasteiger partial charge in [0.15, 0.2) is 0 Å². The summed E-state index contributed by atoms with van der Waals surface area (Å²) in [6.45, 7) is 0.572. The molecule has 0 radical (unpaired) electrons. The third kappa shape index (κ3) is 3.38. The predicted molar refractivity (Wildman–Crippen MR) is 76.0 cm³/mol. The summed E-state index contributed by atoms with van der Waals surface area (Å²) >= 11 is 0. The van der Waals surface area contributed by atoms with E-state index in [-0.39, 0.29) is 24.7 Å². The first kappa shape index (κ1) is 13.7. The number of nitrogen functional groups attached to an aromatic ring is 2. The van der Waals surface area contributed by atoms with Gasteiger partial charge in [0.2, 0.25) is 0 Å². The number of phenolic OH excluding ortho intramolecular Hbond substituents is 2. The molecule has 6 heteroatoms. The smallest absolute Gasteiger partial charge is 0.142 e. The number of phenols is 2. The van der Waals surface area contributed by atoms with Gasteiger partial charge in [-0.2, -0.15) is 0 Å². The lowest BCUT2D eigenvalue weighted by Gasteiger charge is -2.10. The zero-order valence-corrected chi connectivity index (χ0v) is 10.7. The molecule has 0 amide bonds. The van der Waals surface area contributed by atoms with E-state index >= 15 is 0 Å². The van der Waals surface area contributed by atoms with E-state index in [1.54, 1.807) is 24.3 Å². The van der Waals surface area contributed by atoms with Gasteiger partial charge in [0, 0.05) is 12.1 Å². The van der Waals surface area contributed by atoms with E-state index in [0.29, 0.717) is 22.9 Å². The second kappa shape index (κ2) is 5.92. The van der Waals surface area contributed by atoms with Crippen LogP contribution in [-0.4, -0.2) is 23.4 Å². The van der Waals surface area contributed by atoms with Crippen LogP contribution in [0.3, 0.4) is 0 Å². The highest BCUT2D eigenvalue weighted by Gasteiger charge is 2.02. The summed E-state index contributed by atoms with van der Waals surface area (Å²) in [5.74, 6) is 0.958. The van der Waals surface area contributed by atoms with Crippen LogP contribution in [0.5, 0.6) is 23.0 Å². The van der Waals surface area contributed by atoms with Gasteiger partial charge < -0.3 is 31.2 Å². The van der Waals surface area contributed by atoms with Gasteiger partial charge in [-0.05, 0) is 24.3 Å². The maximum Gasteiger partial charge on any atom is 0.142 e. The standard InChI is InChI=1S/C14H16N2O4/c15-11-3-1-9(7-13(11)17)19-5-6-20-10-2-4-12(16)14(18)8-10/h1-4,7-8,17-18H,5-6,15-16H2. The minimum Gasteiger partial charge on any atom is -0.506 e. The molecule has 6 N–H and O–H groups in total. The molecule has 20 heavy (non-hydrogen) atoms. The van der Waals surface area contributed by atoms with Gasteiger partial charge >= 0.3 is 0 Å². The lowest BCUT2D eigenvalue weighted by molar-refractivity contribution is 0.216. The fourth-order valence-corrected chi connectivity index (χ4v) is 1.55. The summed E-state index contributed by atoms with van der Waals surface area (Å²) < 4.78 is 10.8. The molecule has 0 bridgehead atoms. The van der Waals surface area contributed by atoms with Crippen molar-refractivity contribution in [3.05, 3.63) is 36.4 Å². The lowest BCUT2D eigenvalue weighted by Crippen LogP contribution is -2.09. The molecule has 0 atom stereocenters. The van der Waals surface area contributed by atoms with Crippen LogP contribution in [0, 0.1) is 0 Å². The molecule has 2 rings (SSSR count). The van der Waals surface area contributed by atoms with Gasteiger partial charge in [-0.3, -0.25) is 0 Å². The highest BCUT2D eigenvalue weighted by molar-refractivity contribution is 5.55. The van der Waals surface area contributed by atoms with Crippen molar-refractivity contribution in [2.75, 3.05) is 24.7 Å². The van der Waals surface area contributed by atoms with E-state index in [0.717, 1.165) is 0 Å². The van der Waals surface area contributed by atoms with E-state index < -0.39 is 0 Å². The van der Waals surface area contributed by atoms with Crippen LogP contribution in [0.15, 0.2) is 36.4 Å². The molecule has 0 heterocycles. The van der Waals surface area contributed by atoms with Crippen molar-refractivity contribution in [1.29, 1.82) is 0 Å². The molecule has 0 spiro atoms. The largest absolute Gasteiger partial charge is 0.506 e. The number of hydrogen-bond donors (Lipinski definition) is 4. The van der Waals surface area contributed by atoms with Crippen molar-refractivity contribution < 1.29 is 19.7 Å². The van der Waals surface area contributed by atoms with Gasteiger partial charge in [0.25, 0.3) is 0 Å². The predicted octanol–water partition coefficient (Wildman–Crippen LogP) is 1.72. The van der Waals surface area contributed by atoms with Crippen LogP contribution in [0.25, 0.3) is 0 Å². The number of aromatic hydroxyl groups is 2. The molecule has 106 valence electrons. The molecular weight excluding hydrogens is 260 g/mol. The van der Waals surface area contributed by atoms with Crippen molar-refractivity contribution in [2.24, 2.45) is 0 Å². The molecule has 0 aliphatic carbocycles. The normalized spacial score (nSPS) is 10.2. The average molecular weight is 276 g/mol. The lowest BCUT2D eigenvalue weighted by atomic mass is 10.3. The number of anilines is 2. The fraction of sp³-hybridized carbons (Fsp3) is 0.143. The summed E-state index contributed by atoms with van der Waals surface area (Å²) in [5.41, 5.74) is 11.6. The van der Waals surface area contributed by atoms with E-state index in [4.69, 9.17) is 20.9 Å². The van der Waals surface area contributed by atoms with Crippen LogP contribution in [-0.2, 0) is 0 Å². The third-order valence-electron chi connectivity index (χ3n) is 2.62. The van der Waals surface area contributed by atoms with Crippen LogP contribution in [0.2, 0.25) is 0 Å². The summed E-state index contributed by atoms with van der Waals surface area (Å²) in [6.07, 6.45) is 0. The Morgan fingerprint density at radius 3 is 1.50 bits per heavy atom. The molecular formula is C14H16N2O4. The molecule has 0 aliphatic rings. The van der Waals surface area contributed by atoms with E-state index in [1.165, 1.54) is 12.1 Å². The number of ether oxygens (including phenoxy) is 2. The molecule has 0 aliphatic heterocycles. The average Bonchev–Trinajstić information content (AvgIpc) is 2.42. The molecule has 0 fully saturated rings. The minimum absolute atomic E-state index is 0.0214. The van der Waals surface area contributed by atoms with Crippen molar-refractivity contribution in [2.45, 2.75) is 0 Å². The van der Waals surface area contributed by atoms with Crippen molar-refractivity contribution in [3.8, 4) is 23.0 Å².